The monoisotopic (exact) mass is 266 g/mol. The van der Waals surface area contributed by atoms with Crippen molar-refractivity contribution in [3.63, 3.8) is 0 Å². The van der Waals surface area contributed by atoms with Gasteiger partial charge in [-0.15, -0.1) is 0 Å². The van der Waals surface area contributed by atoms with E-state index >= 15 is 0 Å². The van der Waals surface area contributed by atoms with E-state index in [1.54, 1.807) is 24.3 Å². The number of carboxylic acid groups (broad SMARTS) is 1. The van der Waals surface area contributed by atoms with Gasteiger partial charge in [-0.25, -0.2) is 4.79 Å². The van der Waals surface area contributed by atoms with Crippen molar-refractivity contribution >= 4 is 29.2 Å². The van der Waals surface area contributed by atoms with Gasteiger partial charge in [-0.1, -0.05) is 0 Å². The summed E-state index contributed by atoms with van der Waals surface area (Å²) in [6, 6.07) is 6.49. The maximum absolute atomic E-state index is 11.4. The predicted molar refractivity (Wildman–Crippen MR) is 67.8 cm³/mol. The Morgan fingerprint density at radius 2 is 1.58 bits per heavy atom. The average molecular weight is 266 g/mol. The molecule has 7 heteroatoms. The minimum atomic E-state index is -1.13. The van der Waals surface area contributed by atoms with Crippen LogP contribution < -0.4 is 10.6 Å². The molecule has 2 amide bonds. The Kier molecular flexibility index (Phi) is 5.49. The fourth-order valence-electron chi connectivity index (χ4n) is 1.27. The van der Waals surface area contributed by atoms with Crippen LogP contribution in [0.4, 0.5) is 11.4 Å². The number of carbonyl (C=O) groups excluding carboxylic acids is 2. The summed E-state index contributed by atoms with van der Waals surface area (Å²) < 4.78 is 4.64. The van der Waals surface area contributed by atoms with Gasteiger partial charge in [-0.2, -0.15) is 0 Å². The van der Waals surface area contributed by atoms with Crippen LogP contribution in [0.5, 0.6) is 0 Å². The summed E-state index contributed by atoms with van der Waals surface area (Å²) in [5, 5.41) is 13.4. The summed E-state index contributed by atoms with van der Waals surface area (Å²) in [4.78, 5) is 32.3. The minimum absolute atomic E-state index is 0.182. The molecular weight excluding hydrogens is 252 g/mol. The Labute approximate surface area is 109 Å². The largest absolute Gasteiger partial charge is 0.480 e. The zero-order valence-corrected chi connectivity index (χ0v) is 10.3. The van der Waals surface area contributed by atoms with Gasteiger partial charge in [0.2, 0.25) is 11.8 Å². The predicted octanol–water partition coefficient (Wildman–Crippen LogP) is 0.685. The first-order valence-corrected chi connectivity index (χ1v) is 5.44. The van der Waals surface area contributed by atoms with Gasteiger partial charge < -0.3 is 20.5 Å². The minimum Gasteiger partial charge on any atom is -0.480 e. The molecule has 0 heterocycles. The van der Waals surface area contributed by atoms with Crippen molar-refractivity contribution in [3.05, 3.63) is 24.3 Å². The van der Waals surface area contributed by atoms with E-state index in [1.807, 2.05) is 0 Å². The number of hydrogen-bond donors (Lipinski definition) is 3. The molecule has 0 aliphatic heterocycles. The summed E-state index contributed by atoms with van der Waals surface area (Å²) in [7, 11) is 0. The molecule has 1 aromatic carbocycles. The van der Waals surface area contributed by atoms with Gasteiger partial charge in [0.1, 0.15) is 13.2 Å². The van der Waals surface area contributed by atoms with Crippen LogP contribution in [0.15, 0.2) is 24.3 Å². The summed E-state index contributed by atoms with van der Waals surface area (Å²) in [5.74, 6) is -1.76. The standard InChI is InChI=1S/C12H14N2O5/c1-8(15)13-9-2-4-10(5-3-9)14-11(16)6-19-7-12(17)18/h2-5H,6-7H2,1H3,(H,13,15)(H,14,16)(H,17,18). The summed E-state index contributed by atoms with van der Waals surface area (Å²) in [6.07, 6.45) is 0. The van der Waals surface area contributed by atoms with Crippen LogP contribution in [-0.4, -0.2) is 36.1 Å². The molecule has 0 spiro atoms. The summed E-state index contributed by atoms with van der Waals surface area (Å²) >= 11 is 0. The van der Waals surface area contributed by atoms with E-state index in [2.05, 4.69) is 15.4 Å². The smallest absolute Gasteiger partial charge is 0.329 e. The van der Waals surface area contributed by atoms with Crippen LogP contribution in [0.2, 0.25) is 0 Å². The Balaban J connectivity index is 2.42. The van der Waals surface area contributed by atoms with Gasteiger partial charge in [0, 0.05) is 18.3 Å². The summed E-state index contributed by atoms with van der Waals surface area (Å²) in [5.41, 5.74) is 1.14. The quantitative estimate of drug-likeness (QED) is 0.702. The number of carboxylic acids is 1. The van der Waals surface area contributed by atoms with Gasteiger partial charge in [0.05, 0.1) is 0 Å². The molecule has 0 unspecified atom stereocenters. The zero-order valence-electron chi connectivity index (χ0n) is 10.3. The second-order valence-electron chi connectivity index (χ2n) is 3.69. The summed E-state index contributed by atoms with van der Waals surface area (Å²) in [6.45, 7) is 0.546. The lowest BCUT2D eigenvalue weighted by Crippen LogP contribution is -2.20. The van der Waals surface area contributed by atoms with E-state index in [-0.39, 0.29) is 12.5 Å². The highest BCUT2D eigenvalue weighted by Crippen LogP contribution is 2.13. The SMILES string of the molecule is CC(=O)Nc1ccc(NC(=O)COCC(=O)O)cc1. The lowest BCUT2D eigenvalue weighted by molar-refractivity contribution is -0.143. The number of benzene rings is 1. The van der Waals surface area contributed by atoms with Crippen LogP contribution in [-0.2, 0) is 19.1 Å². The van der Waals surface area contributed by atoms with E-state index in [1.165, 1.54) is 6.92 Å². The fraction of sp³-hybridized carbons (Fsp3) is 0.250. The Bertz CT molecular complexity index is 470. The van der Waals surface area contributed by atoms with Crippen LogP contribution in [0.25, 0.3) is 0 Å². The highest BCUT2D eigenvalue weighted by atomic mass is 16.5. The first kappa shape index (κ1) is 14.7. The van der Waals surface area contributed by atoms with Crippen LogP contribution in [0.1, 0.15) is 6.92 Å². The molecule has 0 aliphatic rings. The number of amides is 2. The highest BCUT2D eigenvalue weighted by Gasteiger charge is 2.04. The van der Waals surface area contributed by atoms with Crippen molar-refractivity contribution in [2.75, 3.05) is 23.8 Å². The maximum Gasteiger partial charge on any atom is 0.329 e. The van der Waals surface area contributed by atoms with E-state index in [9.17, 15) is 14.4 Å². The lowest BCUT2D eigenvalue weighted by atomic mass is 10.2. The number of ether oxygens (including phenoxy) is 1. The number of hydrogen-bond acceptors (Lipinski definition) is 4. The van der Waals surface area contributed by atoms with Crippen LogP contribution in [0, 0.1) is 0 Å². The topological polar surface area (TPSA) is 105 Å². The third kappa shape index (κ3) is 6.18. The van der Waals surface area contributed by atoms with Crippen molar-refractivity contribution in [2.45, 2.75) is 6.92 Å². The Morgan fingerprint density at radius 3 is 2.05 bits per heavy atom. The average Bonchev–Trinajstić information content (AvgIpc) is 2.30. The molecule has 0 radical (unpaired) electrons. The van der Waals surface area contributed by atoms with Crippen molar-refractivity contribution in [3.8, 4) is 0 Å². The van der Waals surface area contributed by atoms with E-state index < -0.39 is 18.5 Å². The van der Waals surface area contributed by atoms with Crippen molar-refractivity contribution < 1.29 is 24.2 Å². The fourth-order valence-corrected chi connectivity index (χ4v) is 1.27. The van der Waals surface area contributed by atoms with Gasteiger partial charge in [-0.05, 0) is 24.3 Å². The first-order chi connectivity index (χ1) is 8.97. The second kappa shape index (κ2) is 7.12. The van der Waals surface area contributed by atoms with Crippen molar-refractivity contribution in [2.24, 2.45) is 0 Å². The van der Waals surface area contributed by atoms with Gasteiger partial charge in [-0.3, -0.25) is 9.59 Å². The van der Waals surface area contributed by atoms with E-state index in [0.29, 0.717) is 11.4 Å². The van der Waals surface area contributed by atoms with Gasteiger partial charge >= 0.3 is 5.97 Å². The molecule has 0 fully saturated rings. The number of carbonyl (C=O) groups is 3. The van der Waals surface area contributed by atoms with Crippen molar-refractivity contribution in [1.29, 1.82) is 0 Å². The van der Waals surface area contributed by atoms with Gasteiger partial charge in [0.15, 0.2) is 0 Å². The number of nitrogens with one attached hydrogen (secondary N) is 2. The zero-order chi connectivity index (χ0) is 14.3. The number of rotatable bonds is 6. The number of anilines is 2. The normalized spacial score (nSPS) is 9.74. The number of aliphatic carboxylic acids is 1. The molecule has 0 atom stereocenters. The van der Waals surface area contributed by atoms with Crippen LogP contribution in [0.3, 0.4) is 0 Å². The second-order valence-corrected chi connectivity index (χ2v) is 3.69. The van der Waals surface area contributed by atoms with E-state index in [0.717, 1.165) is 0 Å². The van der Waals surface area contributed by atoms with E-state index in [4.69, 9.17) is 5.11 Å². The highest BCUT2D eigenvalue weighted by molar-refractivity contribution is 5.93. The first-order valence-electron chi connectivity index (χ1n) is 5.44. The van der Waals surface area contributed by atoms with Gasteiger partial charge in [0.25, 0.3) is 0 Å². The third-order valence-corrected chi connectivity index (χ3v) is 1.95. The molecule has 0 saturated carbocycles. The Hall–Kier alpha value is -2.41. The van der Waals surface area contributed by atoms with Crippen LogP contribution >= 0.6 is 0 Å². The molecule has 3 N–H and O–H groups in total. The molecular formula is C12H14N2O5. The molecule has 0 saturated heterocycles. The molecule has 1 rings (SSSR count). The van der Waals surface area contributed by atoms with Crippen molar-refractivity contribution in [1.82, 2.24) is 0 Å². The molecule has 0 aromatic heterocycles. The molecule has 0 aliphatic carbocycles. The molecule has 1 aromatic rings. The molecule has 19 heavy (non-hydrogen) atoms. The maximum atomic E-state index is 11.4. The molecule has 102 valence electrons. The lowest BCUT2D eigenvalue weighted by Gasteiger charge is -2.06. The molecule has 7 nitrogen and oxygen atoms in total. The molecule has 0 bridgehead atoms. The Morgan fingerprint density at radius 1 is 1.05 bits per heavy atom. The third-order valence-electron chi connectivity index (χ3n) is 1.95.